The largest absolute Gasteiger partial charge is 0.481 e. The fourth-order valence-corrected chi connectivity index (χ4v) is 2.94. The van der Waals surface area contributed by atoms with Gasteiger partial charge in [-0.15, -0.1) is 0 Å². The Bertz CT molecular complexity index is 467. The number of hydrogen-bond acceptors (Lipinski definition) is 5. The first kappa shape index (κ1) is 16.7. The highest BCUT2D eigenvalue weighted by Crippen LogP contribution is 2.37. The van der Waals surface area contributed by atoms with Gasteiger partial charge in [0.15, 0.2) is 0 Å². The molecule has 0 aliphatic heterocycles. The van der Waals surface area contributed by atoms with E-state index >= 15 is 0 Å². The van der Waals surface area contributed by atoms with Gasteiger partial charge in [-0.2, -0.15) is 13.1 Å². The van der Waals surface area contributed by atoms with Crippen LogP contribution in [0.3, 0.4) is 0 Å². The Hall–Kier alpha value is -1.35. The predicted molar refractivity (Wildman–Crippen MR) is 70.2 cm³/mol. The normalized spacial score (nSPS) is 17.9. The quantitative estimate of drug-likeness (QED) is 0.660. The molecular weight excluding hydrogens is 288 g/mol. The van der Waals surface area contributed by atoms with E-state index in [1.807, 2.05) is 0 Å². The van der Waals surface area contributed by atoms with Gasteiger partial charge in [0.05, 0.1) is 11.5 Å². The number of hydrogen-bond donors (Lipinski definition) is 3. The number of carboxylic acids is 1. The van der Waals surface area contributed by atoms with Crippen LogP contribution in [0, 0.1) is 5.41 Å². The molecule has 0 heterocycles. The highest BCUT2D eigenvalue weighted by atomic mass is 32.2. The number of ether oxygens (including phenoxy) is 1. The van der Waals surface area contributed by atoms with Crippen molar-refractivity contribution in [1.82, 2.24) is 9.44 Å². The maximum Gasteiger partial charge on any atom is 0.422 e. The smallest absolute Gasteiger partial charge is 0.422 e. The molecule has 0 spiro atoms. The Labute approximate surface area is 118 Å². The molecule has 0 bridgehead atoms. The number of carboxylic acid groups (broad SMARTS) is 1. The molecule has 0 atom stereocenters. The zero-order chi connectivity index (χ0) is 15.4. The van der Waals surface area contributed by atoms with Crippen molar-refractivity contribution in [2.75, 3.05) is 6.54 Å². The van der Waals surface area contributed by atoms with Crippen LogP contribution in [0.15, 0.2) is 0 Å². The number of aliphatic carboxylic acids is 1. The van der Waals surface area contributed by atoms with Gasteiger partial charge in [0.1, 0.15) is 0 Å². The fraction of sp³-hybridized carbons (Fsp3) is 0.818. The summed E-state index contributed by atoms with van der Waals surface area (Å²) >= 11 is 0. The molecule has 9 heteroatoms. The van der Waals surface area contributed by atoms with Gasteiger partial charge in [-0.1, -0.05) is 12.8 Å². The molecule has 0 saturated heterocycles. The molecule has 1 aliphatic rings. The van der Waals surface area contributed by atoms with Crippen LogP contribution >= 0.6 is 0 Å². The number of carbonyl (C=O) groups excluding carboxylic acids is 1. The SMILES string of the molecule is CC(C)OC(=O)NS(=O)(=O)NCC1(C(=O)O)CCCC1. The number of nitrogens with one attached hydrogen (secondary N) is 2. The first-order valence-corrected chi connectivity index (χ1v) is 7.87. The average molecular weight is 308 g/mol. The van der Waals surface area contributed by atoms with Crippen molar-refractivity contribution < 1.29 is 27.9 Å². The van der Waals surface area contributed by atoms with E-state index in [0.717, 1.165) is 12.8 Å². The molecule has 3 N–H and O–H groups in total. The number of amides is 1. The topological polar surface area (TPSA) is 122 Å². The summed E-state index contributed by atoms with van der Waals surface area (Å²) in [6.07, 6.45) is 0.782. The Balaban J connectivity index is 2.58. The first-order valence-electron chi connectivity index (χ1n) is 6.38. The molecule has 0 unspecified atom stereocenters. The third-order valence-corrected chi connectivity index (χ3v) is 4.14. The van der Waals surface area contributed by atoms with Crippen molar-refractivity contribution in [1.29, 1.82) is 0 Å². The molecule has 0 aromatic heterocycles. The van der Waals surface area contributed by atoms with Crippen LogP contribution in [0.4, 0.5) is 4.79 Å². The maximum absolute atomic E-state index is 11.6. The van der Waals surface area contributed by atoms with Gasteiger partial charge in [0.2, 0.25) is 0 Å². The van der Waals surface area contributed by atoms with Crippen LogP contribution in [-0.2, 0) is 19.7 Å². The van der Waals surface area contributed by atoms with Crippen LogP contribution in [0.1, 0.15) is 39.5 Å². The van der Waals surface area contributed by atoms with Gasteiger partial charge < -0.3 is 9.84 Å². The van der Waals surface area contributed by atoms with Gasteiger partial charge in [-0.25, -0.2) is 9.52 Å². The minimum absolute atomic E-state index is 0.243. The Morgan fingerprint density at radius 3 is 2.30 bits per heavy atom. The first-order chi connectivity index (χ1) is 9.17. The lowest BCUT2D eigenvalue weighted by Crippen LogP contribution is -2.47. The van der Waals surface area contributed by atoms with Crippen LogP contribution in [-0.4, -0.2) is 38.2 Å². The average Bonchev–Trinajstić information content (AvgIpc) is 2.74. The molecule has 0 aromatic rings. The predicted octanol–water partition coefficient (Wildman–Crippen LogP) is 0.600. The van der Waals surface area contributed by atoms with Crippen molar-refractivity contribution in [3.8, 4) is 0 Å². The summed E-state index contributed by atoms with van der Waals surface area (Å²) in [5.41, 5.74) is -1.09. The van der Waals surface area contributed by atoms with Gasteiger partial charge in [-0.05, 0) is 26.7 Å². The monoisotopic (exact) mass is 308 g/mol. The van der Waals surface area contributed by atoms with E-state index in [0.29, 0.717) is 12.8 Å². The lowest BCUT2D eigenvalue weighted by molar-refractivity contribution is -0.148. The third-order valence-electron chi connectivity index (χ3n) is 3.18. The van der Waals surface area contributed by atoms with Gasteiger partial charge in [0.25, 0.3) is 0 Å². The molecular formula is C11H20N2O6S. The van der Waals surface area contributed by atoms with Crippen molar-refractivity contribution in [3.05, 3.63) is 0 Å². The molecule has 1 rings (SSSR count). The fourth-order valence-electron chi connectivity index (χ4n) is 2.14. The summed E-state index contributed by atoms with van der Waals surface area (Å²) in [5.74, 6) is -1.03. The second-order valence-corrected chi connectivity index (χ2v) is 6.67. The van der Waals surface area contributed by atoms with E-state index in [4.69, 9.17) is 0 Å². The zero-order valence-electron chi connectivity index (χ0n) is 11.5. The number of rotatable bonds is 6. The van der Waals surface area contributed by atoms with Crippen molar-refractivity contribution in [2.45, 2.75) is 45.6 Å². The highest BCUT2D eigenvalue weighted by Gasteiger charge is 2.42. The molecule has 20 heavy (non-hydrogen) atoms. The molecule has 0 radical (unpaired) electrons. The van der Waals surface area contributed by atoms with Crippen LogP contribution < -0.4 is 9.44 Å². The van der Waals surface area contributed by atoms with Crippen LogP contribution in [0.5, 0.6) is 0 Å². The van der Waals surface area contributed by atoms with Crippen molar-refractivity contribution >= 4 is 22.3 Å². The van der Waals surface area contributed by atoms with Crippen molar-refractivity contribution in [3.63, 3.8) is 0 Å². The van der Waals surface area contributed by atoms with E-state index in [2.05, 4.69) is 9.46 Å². The Kier molecular flexibility index (Phi) is 5.35. The molecule has 8 nitrogen and oxygen atoms in total. The summed E-state index contributed by atoms with van der Waals surface area (Å²) in [4.78, 5) is 22.5. The Morgan fingerprint density at radius 1 is 1.30 bits per heavy atom. The maximum atomic E-state index is 11.6. The lowest BCUT2D eigenvalue weighted by Gasteiger charge is -2.23. The lowest BCUT2D eigenvalue weighted by atomic mass is 9.87. The molecule has 116 valence electrons. The Morgan fingerprint density at radius 2 is 1.85 bits per heavy atom. The highest BCUT2D eigenvalue weighted by molar-refractivity contribution is 7.88. The van der Waals surface area contributed by atoms with E-state index in [9.17, 15) is 23.1 Å². The third kappa shape index (κ3) is 4.64. The minimum atomic E-state index is -4.12. The van der Waals surface area contributed by atoms with Crippen molar-refractivity contribution in [2.24, 2.45) is 5.41 Å². The van der Waals surface area contributed by atoms with E-state index in [1.165, 1.54) is 0 Å². The summed E-state index contributed by atoms with van der Waals surface area (Å²) in [5, 5.41) is 9.21. The van der Waals surface area contributed by atoms with Gasteiger partial charge in [-0.3, -0.25) is 4.79 Å². The molecule has 1 saturated carbocycles. The molecule has 1 amide bonds. The second-order valence-electron chi connectivity index (χ2n) is 5.17. The van der Waals surface area contributed by atoms with E-state index in [1.54, 1.807) is 18.6 Å². The second kappa shape index (κ2) is 6.40. The summed E-state index contributed by atoms with van der Waals surface area (Å²) in [7, 11) is -4.12. The zero-order valence-corrected chi connectivity index (χ0v) is 12.3. The summed E-state index contributed by atoms with van der Waals surface area (Å²) in [6, 6.07) is 0. The van der Waals surface area contributed by atoms with E-state index in [-0.39, 0.29) is 6.54 Å². The minimum Gasteiger partial charge on any atom is -0.481 e. The molecule has 0 aromatic carbocycles. The van der Waals surface area contributed by atoms with Crippen LogP contribution in [0.2, 0.25) is 0 Å². The molecule has 1 aliphatic carbocycles. The number of carbonyl (C=O) groups is 2. The standard InChI is InChI=1S/C11H20N2O6S/c1-8(2)19-10(16)13-20(17,18)12-7-11(9(14)15)5-3-4-6-11/h8,12H,3-7H2,1-2H3,(H,13,16)(H,14,15). The van der Waals surface area contributed by atoms with E-state index < -0.39 is 33.8 Å². The van der Waals surface area contributed by atoms with Crippen LogP contribution in [0.25, 0.3) is 0 Å². The van der Waals surface area contributed by atoms with Gasteiger partial charge in [0, 0.05) is 6.54 Å². The summed E-state index contributed by atoms with van der Waals surface area (Å²) < 4.78 is 31.7. The van der Waals surface area contributed by atoms with Gasteiger partial charge >= 0.3 is 22.3 Å². The molecule has 1 fully saturated rings. The summed E-state index contributed by atoms with van der Waals surface area (Å²) in [6.45, 7) is 2.92.